The van der Waals surface area contributed by atoms with E-state index < -0.39 is 0 Å². The average Bonchev–Trinajstić information content (AvgIpc) is 2.85. The summed E-state index contributed by atoms with van der Waals surface area (Å²) < 4.78 is 2.41. The Morgan fingerprint density at radius 1 is 1.14 bits per heavy atom. The van der Waals surface area contributed by atoms with Gasteiger partial charge in [0.1, 0.15) is 0 Å². The zero-order valence-corrected chi connectivity index (χ0v) is 13.8. The molecular weight excluding hydrogens is 280 g/mol. The first-order valence-corrected chi connectivity index (χ1v) is 8.18. The minimum absolute atomic E-state index is 0. The molecule has 1 heterocycles. The van der Waals surface area contributed by atoms with Gasteiger partial charge in [-0.1, -0.05) is 44.4 Å². The molecule has 1 aromatic carbocycles. The van der Waals surface area contributed by atoms with Crippen LogP contribution in [0.15, 0.2) is 30.5 Å². The fourth-order valence-corrected chi connectivity index (χ4v) is 3.45. The average molecular weight is 307 g/mol. The highest BCUT2D eigenvalue weighted by atomic mass is 35.5. The molecule has 0 radical (unpaired) electrons. The molecule has 0 unspecified atom stereocenters. The van der Waals surface area contributed by atoms with E-state index >= 15 is 0 Å². The van der Waals surface area contributed by atoms with E-state index in [-0.39, 0.29) is 12.4 Å². The van der Waals surface area contributed by atoms with E-state index in [1.165, 1.54) is 55.0 Å². The van der Waals surface area contributed by atoms with Crippen LogP contribution in [-0.4, -0.2) is 10.6 Å². The number of aryl methyl sites for hydroxylation is 1. The number of benzene rings is 1. The Bertz CT molecular complexity index is 555. The molecule has 0 bridgehead atoms. The van der Waals surface area contributed by atoms with Crippen molar-refractivity contribution < 1.29 is 0 Å². The first-order valence-electron chi connectivity index (χ1n) is 8.18. The lowest BCUT2D eigenvalue weighted by molar-refractivity contribution is 0.372. The standard InChI is InChI=1S/C18H26N2.ClH/c1-2-12-20-14-15(17-10-6-7-11-18(17)20)13-19-16-8-4-3-5-9-16;/h6-7,10-11,14,16,19H,2-5,8-9,12-13H2,1H3;1H. The Hall–Kier alpha value is -0.990. The molecule has 0 aliphatic heterocycles. The Morgan fingerprint density at radius 2 is 1.90 bits per heavy atom. The second-order valence-electron chi connectivity index (χ2n) is 6.08. The second kappa shape index (κ2) is 7.86. The van der Waals surface area contributed by atoms with Crippen molar-refractivity contribution in [3.05, 3.63) is 36.0 Å². The molecule has 1 aliphatic rings. The van der Waals surface area contributed by atoms with Gasteiger partial charge in [0.2, 0.25) is 0 Å². The molecule has 0 amide bonds. The molecule has 1 fully saturated rings. The van der Waals surface area contributed by atoms with Crippen molar-refractivity contribution >= 4 is 23.3 Å². The first kappa shape index (κ1) is 16.4. The largest absolute Gasteiger partial charge is 0.347 e. The van der Waals surface area contributed by atoms with E-state index in [0.29, 0.717) is 0 Å². The summed E-state index contributed by atoms with van der Waals surface area (Å²) in [4.78, 5) is 0. The minimum Gasteiger partial charge on any atom is -0.347 e. The summed E-state index contributed by atoms with van der Waals surface area (Å²) in [5, 5.41) is 5.19. The molecule has 1 aliphatic carbocycles. The number of para-hydroxylation sites is 1. The second-order valence-corrected chi connectivity index (χ2v) is 6.08. The Morgan fingerprint density at radius 3 is 2.67 bits per heavy atom. The molecule has 116 valence electrons. The van der Waals surface area contributed by atoms with Gasteiger partial charge in [-0.05, 0) is 30.9 Å². The van der Waals surface area contributed by atoms with Crippen LogP contribution in [-0.2, 0) is 13.1 Å². The molecule has 2 nitrogen and oxygen atoms in total. The van der Waals surface area contributed by atoms with Gasteiger partial charge >= 0.3 is 0 Å². The topological polar surface area (TPSA) is 17.0 Å². The third-order valence-corrected chi connectivity index (χ3v) is 4.52. The van der Waals surface area contributed by atoms with Gasteiger partial charge < -0.3 is 9.88 Å². The summed E-state index contributed by atoms with van der Waals surface area (Å²) in [5.74, 6) is 0. The maximum atomic E-state index is 3.77. The zero-order chi connectivity index (χ0) is 13.8. The predicted octanol–water partition coefficient (Wildman–Crippen LogP) is 4.90. The highest BCUT2D eigenvalue weighted by Crippen LogP contribution is 2.23. The molecule has 3 rings (SSSR count). The van der Waals surface area contributed by atoms with Gasteiger partial charge in [0, 0.05) is 36.2 Å². The van der Waals surface area contributed by atoms with Crippen LogP contribution in [0, 0.1) is 0 Å². The van der Waals surface area contributed by atoms with Crippen molar-refractivity contribution in [2.45, 2.75) is 64.6 Å². The molecule has 21 heavy (non-hydrogen) atoms. The van der Waals surface area contributed by atoms with Crippen molar-refractivity contribution in [2.75, 3.05) is 0 Å². The van der Waals surface area contributed by atoms with Crippen LogP contribution in [0.1, 0.15) is 51.0 Å². The third kappa shape index (κ3) is 3.81. The number of rotatable bonds is 5. The lowest BCUT2D eigenvalue weighted by Gasteiger charge is -2.22. The van der Waals surface area contributed by atoms with Gasteiger partial charge in [0.05, 0.1) is 0 Å². The number of fused-ring (bicyclic) bond motifs is 1. The van der Waals surface area contributed by atoms with Crippen molar-refractivity contribution in [3.8, 4) is 0 Å². The third-order valence-electron chi connectivity index (χ3n) is 4.52. The van der Waals surface area contributed by atoms with Crippen LogP contribution in [0.3, 0.4) is 0 Å². The number of nitrogens with zero attached hydrogens (tertiary/aromatic N) is 1. The van der Waals surface area contributed by atoms with Crippen molar-refractivity contribution in [3.63, 3.8) is 0 Å². The van der Waals surface area contributed by atoms with Crippen LogP contribution < -0.4 is 5.32 Å². The molecular formula is C18H27ClN2. The molecule has 3 heteroatoms. The van der Waals surface area contributed by atoms with Gasteiger partial charge in [0.15, 0.2) is 0 Å². The maximum absolute atomic E-state index is 3.77. The summed E-state index contributed by atoms with van der Waals surface area (Å²) in [6.07, 6.45) is 10.5. The SMILES string of the molecule is CCCn1cc(CNC2CCCCC2)c2ccccc21.Cl. The number of hydrogen-bond donors (Lipinski definition) is 1. The van der Waals surface area contributed by atoms with E-state index in [2.05, 4.69) is 47.3 Å². The molecule has 2 aromatic rings. The van der Waals surface area contributed by atoms with Gasteiger partial charge in [-0.25, -0.2) is 0 Å². The van der Waals surface area contributed by atoms with Gasteiger partial charge in [0.25, 0.3) is 0 Å². The van der Waals surface area contributed by atoms with Crippen molar-refractivity contribution in [1.82, 2.24) is 9.88 Å². The van der Waals surface area contributed by atoms with Gasteiger partial charge in [-0.3, -0.25) is 0 Å². The smallest absolute Gasteiger partial charge is 0.0483 e. The lowest BCUT2D eigenvalue weighted by Crippen LogP contribution is -2.30. The van der Waals surface area contributed by atoms with E-state index in [1.807, 2.05) is 0 Å². The summed E-state index contributed by atoms with van der Waals surface area (Å²) in [7, 11) is 0. The highest BCUT2D eigenvalue weighted by Gasteiger charge is 2.14. The van der Waals surface area contributed by atoms with E-state index in [9.17, 15) is 0 Å². The first-order chi connectivity index (χ1) is 9.88. The van der Waals surface area contributed by atoms with Crippen LogP contribution in [0.4, 0.5) is 0 Å². The van der Waals surface area contributed by atoms with Crippen molar-refractivity contribution in [1.29, 1.82) is 0 Å². The summed E-state index contributed by atoms with van der Waals surface area (Å²) in [5.41, 5.74) is 2.84. The lowest BCUT2D eigenvalue weighted by atomic mass is 9.95. The summed E-state index contributed by atoms with van der Waals surface area (Å²) in [6.45, 7) is 4.38. The number of hydrogen-bond acceptors (Lipinski definition) is 1. The maximum Gasteiger partial charge on any atom is 0.0483 e. The number of aromatic nitrogens is 1. The van der Waals surface area contributed by atoms with E-state index in [0.717, 1.165) is 19.1 Å². The quantitative estimate of drug-likeness (QED) is 0.831. The normalized spacial score (nSPS) is 16.0. The van der Waals surface area contributed by atoms with Crippen LogP contribution >= 0.6 is 12.4 Å². The van der Waals surface area contributed by atoms with Gasteiger partial charge in [-0.15, -0.1) is 12.4 Å². The molecule has 1 aromatic heterocycles. The summed E-state index contributed by atoms with van der Waals surface area (Å²) >= 11 is 0. The monoisotopic (exact) mass is 306 g/mol. The highest BCUT2D eigenvalue weighted by molar-refractivity contribution is 5.85. The molecule has 0 spiro atoms. The van der Waals surface area contributed by atoms with Crippen LogP contribution in [0.5, 0.6) is 0 Å². The molecule has 1 N–H and O–H groups in total. The number of nitrogens with one attached hydrogen (secondary N) is 1. The Balaban J connectivity index is 0.00000161. The van der Waals surface area contributed by atoms with Crippen molar-refractivity contribution in [2.24, 2.45) is 0 Å². The number of halogens is 1. The van der Waals surface area contributed by atoms with E-state index in [4.69, 9.17) is 0 Å². The van der Waals surface area contributed by atoms with Crippen LogP contribution in [0.2, 0.25) is 0 Å². The fourth-order valence-electron chi connectivity index (χ4n) is 3.45. The molecule has 0 saturated heterocycles. The molecule has 1 saturated carbocycles. The Labute approximate surface area is 134 Å². The zero-order valence-electron chi connectivity index (χ0n) is 13.0. The molecule has 0 atom stereocenters. The fraction of sp³-hybridized carbons (Fsp3) is 0.556. The van der Waals surface area contributed by atoms with E-state index in [1.54, 1.807) is 0 Å². The Kier molecular flexibility index (Phi) is 6.13. The van der Waals surface area contributed by atoms with Crippen LogP contribution in [0.25, 0.3) is 10.9 Å². The summed E-state index contributed by atoms with van der Waals surface area (Å²) in [6, 6.07) is 9.54. The predicted molar refractivity (Wildman–Crippen MR) is 93.2 cm³/mol. The minimum atomic E-state index is 0. The van der Waals surface area contributed by atoms with Gasteiger partial charge in [-0.2, -0.15) is 0 Å².